The lowest BCUT2D eigenvalue weighted by Crippen LogP contribution is -2.23. The van der Waals surface area contributed by atoms with Crippen molar-refractivity contribution in [3.05, 3.63) is 29.8 Å². The summed E-state index contributed by atoms with van der Waals surface area (Å²) in [5.74, 6) is 0.878. The first-order valence-corrected chi connectivity index (χ1v) is 5.60. The zero-order valence-electron chi connectivity index (χ0n) is 10.5. The van der Waals surface area contributed by atoms with E-state index < -0.39 is 0 Å². The van der Waals surface area contributed by atoms with Gasteiger partial charge in [-0.2, -0.15) is 0 Å². The van der Waals surface area contributed by atoms with Gasteiger partial charge in [-0.1, -0.05) is 12.1 Å². The molecule has 0 saturated heterocycles. The zero-order valence-corrected chi connectivity index (χ0v) is 10.5. The number of ether oxygens (including phenoxy) is 2. The molecule has 1 rings (SSSR count). The third-order valence-electron chi connectivity index (χ3n) is 2.46. The number of hydrogen-bond donors (Lipinski definition) is 1. The Balaban J connectivity index is 2.63. The average molecular weight is 223 g/mol. The van der Waals surface area contributed by atoms with Gasteiger partial charge in [-0.15, -0.1) is 0 Å². The number of rotatable bonds is 6. The molecule has 3 nitrogen and oxygen atoms in total. The molecule has 1 unspecified atom stereocenters. The minimum atomic E-state index is 0.230. The molecule has 1 aromatic carbocycles. The Morgan fingerprint density at radius 2 is 1.81 bits per heavy atom. The number of nitrogens with one attached hydrogen (secondary N) is 1. The van der Waals surface area contributed by atoms with Crippen LogP contribution in [0.2, 0.25) is 0 Å². The van der Waals surface area contributed by atoms with Crippen LogP contribution in [0.3, 0.4) is 0 Å². The molecule has 0 aromatic heterocycles. The largest absolute Gasteiger partial charge is 0.497 e. The van der Waals surface area contributed by atoms with E-state index in [0.29, 0.717) is 6.61 Å². The number of hydrogen-bond acceptors (Lipinski definition) is 3. The van der Waals surface area contributed by atoms with E-state index in [0.717, 1.165) is 5.75 Å². The summed E-state index contributed by atoms with van der Waals surface area (Å²) in [5.41, 5.74) is 1.21. The van der Waals surface area contributed by atoms with Crippen LogP contribution < -0.4 is 10.1 Å². The molecular formula is C13H21NO2. The van der Waals surface area contributed by atoms with Gasteiger partial charge in [0.25, 0.3) is 0 Å². The Labute approximate surface area is 97.8 Å². The second-order valence-corrected chi connectivity index (χ2v) is 4.00. The minimum Gasteiger partial charge on any atom is -0.497 e. The maximum absolute atomic E-state index is 5.61. The van der Waals surface area contributed by atoms with Crippen LogP contribution in [0.25, 0.3) is 0 Å². The van der Waals surface area contributed by atoms with Crippen molar-refractivity contribution in [2.45, 2.75) is 26.0 Å². The van der Waals surface area contributed by atoms with Crippen LogP contribution in [0.15, 0.2) is 24.3 Å². The van der Waals surface area contributed by atoms with Crippen LogP contribution in [0.1, 0.15) is 25.5 Å². The van der Waals surface area contributed by atoms with Crippen LogP contribution >= 0.6 is 0 Å². The predicted molar refractivity (Wildman–Crippen MR) is 65.9 cm³/mol. The van der Waals surface area contributed by atoms with E-state index in [1.54, 1.807) is 7.11 Å². The SMILES string of the molecule is CNC(COC(C)C)c1ccc(OC)cc1. The average Bonchev–Trinajstić information content (AvgIpc) is 2.30. The highest BCUT2D eigenvalue weighted by Crippen LogP contribution is 2.18. The number of methoxy groups -OCH3 is 1. The summed E-state index contributed by atoms with van der Waals surface area (Å²) in [7, 11) is 3.62. The van der Waals surface area contributed by atoms with Crippen molar-refractivity contribution < 1.29 is 9.47 Å². The van der Waals surface area contributed by atoms with Gasteiger partial charge in [0.1, 0.15) is 5.75 Å². The highest BCUT2D eigenvalue weighted by molar-refractivity contribution is 5.29. The quantitative estimate of drug-likeness (QED) is 0.803. The monoisotopic (exact) mass is 223 g/mol. The summed E-state index contributed by atoms with van der Waals surface area (Å²) < 4.78 is 10.7. The maximum Gasteiger partial charge on any atom is 0.118 e. The molecule has 0 aliphatic carbocycles. The topological polar surface area (TPSA) is 30.5 Å². The van der Waals surface area contributed by atoms with E-state index in [1.165, 1.54) is 5.56 Å². The fourth-order valence-electron chi connectivity index (χ4n) is 1.47. The minimum absolute atomic E-state index is 0.230. The van der Waals surface area contributed by atoms with E-state index >= 15 is 0 Å². The molecule has 0 bridgehead atoms. The molecule has 1 aromatic rings. The van der Waals surface area contributed by atoms with Crippen LogP contribution in [-0.2, 0) is 4.74 Å². The van der Waals surface area contributed by atoms with Crippen molar-refractivity contribution in [3.63, 3.8) is 0 Å². The van der Waals surface area contributed by atoms with Crippen LogP contribution in [0, 0.1) is 0 Å². The second kappa shape index (κ2) is 6.51. The summed E-state index contributed by atoms with van der Waals surface area (Å²) in [6.07, 6.45) is 0.258. The molecule has 1 atom stereocenters. The van der Waals surface area contributed by atoms with Gasteiger partial charge in [0.2, 0.25) is 0 Å². The summed E-state index contributed by atoms with van der Waals surface area (Å²) >= 11 is 0. The van der Waals surface area contributed by atoms with Crippen LogP contribution in [0.4, 0.5) is 0 Å². The summed E-state index contributed by atoms with van der Waals surface area (Å²) in [6.45, 7) is 4.77. The van der Waals surface area contributed by atoms with Gasteiger partial charge in [-0.05, 0) is 38.6 Å². The molecule has 90 valence electrons. The highest BCUT2D eigenvalue weighted by Gasteiger charge is 2.10. The maximum atomic E-state index is 5.61. The molecule has 0 saturated carbocycles. The lowest BCUT2D eigenvalue weighted by atomic mass is 10.1. The van der Waals surface area contributed by atoms with Gasteiger partial charge in [0.05, 0.1) is 25.9 Å². The first-order chi connectivity index (χ1) is 7.67. The summed E-state index contributed by atoms with van der Waals surface area (Å²) in [5, 5.41) is 3.25. The van der Waals surface area contributed by atoms with Crippen molar-refractivity contribution >= 4 is 0 Å². The van der Waals surface area contributed by atoms with Gasteiger partial charge in [0, 0.05) is 0 Å². The molecule has 0 fully saturated rings. The van der Waals surface area contributed by atoms with Crippen molar-refractivity contribution in [2.75, 3.05) is 20.8 Å². The number of likely N-dealkylation sites (N-methyl/N-ethyl adjacent to an activating group) is 1. The highest BCUT2D eigenvalue weighted by atomic mass is 16.5. The molecule has 3 heteroatoms. The normalized spacial score (nSPS) is 12.8. The predicted octanol–water partition coefficient (Wildman–Crippen LogP) is 2.38. The Bertz CT molecular complexity index is 295. The zero-order chi connectivity index (χ0) is 12.0. The molecule has 0 aliphatic heterocycles. The van der Waals surface area contributed by atoms with Gasteiger partial charge < -0.3 is 14.8 Å². The summed E-state index contributed by atoms with van der Waals surface area (Å²) in [6, 6.07) is 8.28. The van der Waals surface area contributed by atoms with E-state index in [9.17, 15) is 0 Å². The fourth-order valence-corrected chi connectivity index (χ4v) is 1.47. The lowest BCUT2D eigenvalue weighted by molar-refractivity contribution is 0.0626. The molecule has 16 heavy (non-hydrogen) atoms. The van der Waals surface area contributed by atoms with E-state index in [2.05, 4.69) is 17.4 Å². The number of benzene rings is 1. The van der Waals surface area contributed by atoms with E-state index in [-0.39, 0.29) is 12.1 Å². The van der Waals surface area contributed by atoms with Crippen molar-refractivity contribution in [2.24, 2.45) is 0 Å². The Morgan fingerprint density at radius 1 is 1.19 bits per heavy atom. The first-order valence-electron chi connectivity index (χ1n) is 5.60. The van der Waals surface area contributed by atoms with Crippen LogP contribution in [0.5, 0.6) is 5.75 Å². The first kappa shape index (κ1) is 13.0. The Kier molecular flexibility index (Phi) is 5.29. The molecule has 0 radical (unpaired) electrons. The Hall–Kier alpha value is -1.06. The standard InChI is InChI=1S/C13H21NO2/c1-10(2)16-9-13(14-3)11-5-7-12(15-4)8-6-11/h5-8,10,13-14H,9H2,1-4H3. The van der Waals surface area contributed by atoms with Gasteiger partial charge in [0.15, 0.2) is 0 Å². The molecule has 1 N–H and O–H groups in total. The summed E-state index contributed by atoms with van der Waals surface area (Å²) in [4.78, 5) is 0. The molecular weight excluding hydrogens is 202 g/mol. The van der Waals surface area contributed by atoms with Crippen molar-refractivity contribution in [1.29, 1.82) is 0 Å². The molecule has 0 heterocycles. The molecule has 0 amide bonds. The van der Waals surface area contributed by atoms with Gasteiger partial charge in [-0.3, -0.25) is 0 Å². The second-order valence-electron chi connectivity index (χ2n) is 4.00. The smallest absolute Gasteiger partial charge is 0.118 e. The van der Waals surface area contributed by atoms with E-state index in [1.807, 2.05) is 33.0 Å². The molecule has 0 aliphatic rings. The molecule has 0 spiro atoms. The van der Waals surface area contributed by atoms with Crippen molar-refractivity contribution in [3.8, 4) is 5.75 Å². The van der Waals surface area contributed by atoms with E-state index in [4.69, 9.17) is 9.47 Å². The third kappa shape index (κ3) is 3.83. The third-order valence-corrected chi connectivity index (χ3v) is 2.46. The lowest BCUT2D eigenvalue weighted by Gasteiger charge is -2.18. The Morgan fingerprint density at radius 3 is 2.25 bits per heavy atom. The van der Waals surface area contributed by atoms with Crippen LogP contribution in [-0.4, -0.2) is 26.9 Å². The van der Waals surface area contributed by atoms with Gasteiger partial charge in [-0.25, -0.2) is 0 Å². The van der Waals surface area contributed by atoms with Crippen molar-refractivity contribution in [1.82, 2.24) is 5.32 Å². The van der Waals surface area contributed by atoms with Gasteiger partial charge >= 0.3 is 0 Å². The fraction of sp³-hybridized carbons (Fsp3) is 0.538.